The third-order valence-corrected chi connectivity index (χ3v) is 5.00. The molecule has 1 aliphatic carbocycles. The van der Waals surface area contributed by atoms with Gasteiger partial charge < -0.3 is 10.4 Å². The smallest absolute Gasteiger partial charge is 0.230 e. The van der Waals surface area contributed by atoms with Crippen LogP contribution in [-0.2, 0) is 4.79 Å². The van der Waals surface area contributed by atoms with E-state index in [4.69, 9.17) is 5.26 Å². The summed E-state index contributed by atoms with van der Waals surface area (Å²) in [5.41, 5.74) is 0.761. The molecule has 3 atom stereocenters. The molecule has 1 aliphatic rings. The molecule has 21 heavy (non-hydrogen) atoms. The fraction of sp³-hybridized carbons (Fsp3) is 0.500. The Hall–Kier alpha value is -1.51. The monoisotopic (exact) mass is 304 g/mol. The molecule has 1 aromatic carbocycles. The number of carbonyl (C=O) groups is 1. The zero-order valence-electron chi connectivity index (χ0n) is 12.1. The number of para-hydroxylation sites is 1. The van der Waals surface area contributed by atoms with Crippen molar-refractivity contribution in [3.8, 4) is 6.07 Å². The van der Waals surface area contributed by atoms with Gasteiger partial charge >= 0.3 is 0 Å². The maximum atomic E-state index is 12.2. The van der Waals surface area contributed by atoms with Crippen LogP contribution >= 0.6 is 11.8 Å². The molecule has 0 aliphatic heterocycles. The Morgan fingerprint density at radius 2 is 2.29 bits per heavy atom. The number of aliphatic hydroxyl groups excluding tert-OH is 1. The van der Waals surface area contributed by atoms with E-state index in [0.717, 1.165) is 23.4 Å². The van der Waals surface area contributed by atoms with E-state index in [0.29, 0.717) is 12.2 Å². The highest BCUT2D eigenvalue weighted by molar-refractivity contribution is 7.99. The van der Waals surface area contributed by atoms with Crippen LogP contribution in [0, 0.1) is 23.2 Å². The molecule has 2 rings (SSSR count). The lowest BCUT2D eigenvalue weighted by Crippen LogP contribution is -2.28. The van der Waals surface area contributed by atoms with E-state index in [1.807, 2.05) is 31.2 Å². The van der Waals surface area contributed by atoms with Crippen LogP contribution in [0.1, 0.15) is 26.2 Å². The van der Waals surface area contributed by atoms with Crippen molar-refractivity contribution in [1.29, 1.82) is 5.26 Å². The van der Waals surface area contributed by atoms with Gasteiger partial charge in [-0.2, -0.15) is 5.26 Å². The van der Waals surface area contributed by atoms with Crippen molar-refractivity contribution in [3.05, 3.63) is 24.3 Å². The Labute approximate surface area is 129 Å². The number of thioether (sulfide) groups is 1. The minimum absolute atomic E-state index is 0.0320. The first-order valence-corrected chi connectivity index (χ1v) is 8.20. The number of anilines is 1. The predicted octanol–water partition coefficient (Wildman–Crippen LogP) is 3.04. The number of nitriles is 1. The summed E-state index contributed by atoms with van der Waals surface area (Å²) < 4.78 is 0. The quantitative estimate of drug-likeness (QED) is 0.820. The van der Waals surface area contributed by atoms with E-state index in [2.05, 4.69) is 11.4 Å². The second kappa shape index (κ2) is 7.48. The molecule has 0 saturated heterocycles. The summed E-state index contributed by atoms with van der Waals surface area (Å²) in [6, 6.07) is 9.79. The largest absolute Gasteiger partial charge is 0.392 e. The molecular weight excluding hydrogens is 284 g/mol. The highest BCUT2D eigenvalue weighted by Crippen LogP contribution is 2.31. The van der Waals surface area contributed by atoms with Gasteiger partial charge in [0.05, 0.1) is 29.7 Å². The van der Waals surface area contributed by atoms with Crippen molar-refractivity contribution in [1.82, 2.24) is 0 Å². The molecule has 1 fully saturated rings. The van der Waals surface area contributed by atoms with Crippen molar-refractivity contribution < 1.29 is 9.90 Å². The zero-order chi connectivity index (χ0) is 15.2. The van der Waals surface area contributed by atoms with Gasteiger partial charge in [-0.05, 0) is 38.3 Å². The SMILES string of the molecule is CC(C#N)CSc1ccccc1NC(=O)C1CCCC1O. The summed E-state index contributed by atoms with van der Waals surface area (Å²) >= 11 is 1.57. The average Bonchev–Trinajstić information content (AvgIpc) is 2.92. The van der Waals surface area contributed by atoms with Gasteiger partial charge in [0.1, 0.15) is 0 Å². The fourth-order valence-corrected chi connectivity index (χ4v) is 3.37. The van der Waals surface area contributed by atoms with E-state index in [9.17, 15) is 9.90 Å². The molecule has 1 aromatic rings. The number of benzene rings is 1. The van der Waals surface area contributed by atoms with Crippen molar-refractivity contribution in [2.24, 2.45) is 11.8 Å². The molecule has 5 heteroatoms. The minimum Gasteiger partial charge on any atom is -0.392 e. The Morgan fingerprint density at radius 3 is 2.95 bits per heavy atom. The molecule has 2 N–H and O–H groups in total. The number of amides is 1. The summed E-state index contributed by atoms with van der Waals surface area (Å²) in [6.07, 6.45) is 1.82. The molecule has 0 bridgehead atoms. The van der Waals surface area contributed by atoms with E-state index in [-0.39, 0.29) is 17.7 Å². The van der Waals surface area contributed by atoms with E-state index in [1.54, 1.807) is 11.8 Å². The van der Waals surface area contributed by atoms with Gasteiger partial charge in [-0.15, -0.1) is 11.8 Å². The van der Waals surface area contributed by atoms with E-state index in [1.165, 1.54) is 0 Å². The number of rotatable bonds is 5. The highest BCUT2D eigenvalue weighted by atomic mass is 32.2. The second-order valence-corrected chi connectivity index (χ2v) is 6.49. The van der Waals surface area contributed by atoms with Gasteiger partial charge in [0.25, 0.3) is 0 Å². The molecule has 0 radical (unpaired) electrons. The number of aliphatic hydroxyl groups is 1. The van der Waals surface area contributed by atoms with Gasteiger partial charge in [-0.1, -0.05) is 12.1 Å². The Morgan fingerprint density at radius 1 is 1.52 bits per heavy atom. The standard InChI is InChI=1S/C16H20N2O2S/c1-11(9-17)10-21-15-8-3-2-6-13(15)18-16(20)12-5-4-7-14(12)19/h2-3,6,8,11-12,14,19H,4-5,7,10H2,1H3,(H,18,20). The first kappa shape index (κ1) is 15.9. The Kier molecular flexibility index (Phi) is 5.66. The zero-order valence-corrected chi connectivity index (χ0v) is 12.9. The first-order valence-electron chi connectivity index (χ1n) is 7.22. The summed E-state index contributed by atoms with van der Waals surface area (Å²) in [5, 5.41) is 21.6. The van der Waals surface area contributed by atoms with Crippen LogP contribution in [0.4, 0.5) is 5.69 Å². The summed E-state index contributed by atoms with van der Waals surface area (Å²) in [5.74, 6) is 0.244. The van der Waals surface area contributed by atoms with Gasteiger partial charge in [0.15, 0.2) is 0 Å². The maximum absolute atomic E-state index is 12.2. The second-order valence-electron chi connectivity index (χ2n) is 5.43. The van der Waals surface area contributed by atoms with Crippen molar-refractivity contribution >= 4 is 23.4 Å². The van der Waals surface area contributed by atoms with Crippen LogP contribution in [-0.4, -0.2) is 22.9 Å². The first-order chi connectivity index (χ1) is 10.1. The Bertz CT molecular complexity index is 541. The van der Waals surface area contributed by atoms with Crippen LogP contribution in [0.3, 0.4) is 0 Å². The lowest BCUT2D eigenvalue weighted by atomic mass is 10.1. The van der Waals surface area contributed by atoms with Crippen LogP contribution in [0.25, 0.3) is 0 Å². The van der Waals surface area contributed by atoms with Crippen molar-refractivity contribution in [2.75, 3.05) is 11.1 Å². The number of carbonyl (C=O) groups excluding carboxylic acids is 1. The summed E-state index contributed by atoms with van der Waals surface area (Å²) in [4.78, 5) is 13.2. The van der Waals surface area contributed by atoms with Crippen molar-refractivity contribution in [3.63, 3.8) is 0 Å². The third kappa shape index (κ3) is 4.23. The summed E-state index contributed by atoms with van der Waals surface area (Å²) in [7, 11) is 0. The minimum atomic E-state index is -0.525. The molecule has 0 spiro atoms. The average molecular weight is 304 g/mol. The van der Waals surface area contributed by atoms with Gasteiger partial charge in [-0.3, -0.25) is 4.79 Å². The van der Waals surface area contributed by atoms with E-state index < -0.39 is 6.10 Å². The van der Waals surface area contributed by atoms with Crippen LogP contribution in [0.15, 0.2) is 29.2 Å². The number of hydrogen-bond acceptors (Lipinski definition) is 4. The molecule has 4 nitrogen and oxygen atoms in total. The third-order valence-electron chi connectivity index (χ3n) is 3.67. The van der Waals surface area contributed by atoms with Gasteiger partial charge in [0, 0.05) is 10.6 Å². The number of hydrogen-bond donors (Lipinski definition) is 2. The molecule has 1 saturated carbocycles. The molecule has 112 valence electrons. The summed E-state index contributed by atoms with van der Waals surface area (Å²) in [6.45, 7) is 1.88. The lowest BCUT2D eigenvalue weighted by Gasteiger charge is -2.16. The fourth-order valence-electron chi connectivity index (χ4n) is 2.42. The van der Waals surface area contributed by atoms with Crippen LogP contribution in [0.2, 0.25) is 0 Å². The molecule has 0 heterocycles. The molecular formula is C16H20N2O2S. The Balaban J connectivity index is 2.02. The van der Waals surface area contributed by atoms with Gasteiger partial charge in [-0.25, -0.2) is 0 Å². The van der Waals surface area contributed by atoms with Crippen LogP contribution in [0.5, 0.6) is 0 Å². The normalized spacial score (nSPS) is 22.5. The molecule has 3 unspecified atom stereocenters. The van der Waals surface area contributed by atoms with E-state index >= 15 is 0 Å². The van der Waals surface area contributed by atoms with Crippen LogP contribution < -0.4 is 5.32 Å². The molecule has 0 aromatic heterocycles. The molecule has 1 amide bonds. The van der Waals surface area contributed by atoms with Gasteiger partial charge in [0.2, 0.25) is 5.91 Å². The number of nitrogens with one attached hydrogen (secondary N) is 1. The predicted molar refractivity (Wildman–Crippen MR) is 83.9 cm³/mol. The lowest BCUT2D eigenvalue weighted by molar-refractivity contribution is -0.122. The maximum Gasteiger partial charge on any atom is 0.230 e. The highest BCUT2D eigenvalue weighted by Gasteiger charge is 2.31. The topological polar surface area (TPSA) is 73.1 Å². The number of nitrogens with zero attached hydrogens (tertiary/aromatic N) is 1. The van der Waals surface area contributed by atoms with Crippen molar-refractivity contribution in [2.45, 2.75) is 37.2 Å².